The van der Waals surface area contributed by atoms with E-state index < -0.39 is 0 Å². The first-order valence-electron chi connectivity index (χ1n) is 10.6. The third-order valence-corrected chi connectivity index (χ3v) is 7.42. The van der Waals surface area contributed by atoms with Crippen molar-refractivity contribution in [3.63, 3.8) is 0 Å². The molecule has 160 valence electrons. The van der Waals surface area contributed by atoms with Gasteiger partial charge < -0.3 is 15.2 Å². The molecule has 7 heteroatoms. The number of nitrogens with zero attached hydrogens (tertiary/aromatic N) is 3. The van der Waals surface area contributed by atoms with Crippen LogP contribution < -0.4 is 5.73 Å². The van der Waals surface area contributed by atoms with Gasteiger partial charge in [0.1, 0.15) is 5.82 Å². The minimum atomic E-state index is 0. The van der Waals surface area contributed by atoms with E-state index in [2.05, 4.69) is 34.7 Å². The molecule has 1 aromatic heterocycles. The molecule has 5 nitrogen and oxygen atoms in total. The number of halogens is 2. The fraction of sp³-hybridized carbons (Fsp3) is 0.636. The van der Waals surface area contributed by atoms with Crippen LogP contribution in [-0.4, -0.2) is 32.9 Å². The van der Waals surface area contributed by atoms with Gasteiger partial charge in [0.05, 0.1) is 17.1 Å². The molecule has 1 aromatic carbocycles. The highest BCUT2D eigenvalue weighted by Crippen LogP contribution is 2.44. The Morgan fingerprint density at radius 2 is 1.76 bits per heavy atom. The van der Waals surface area contributed by atoms with Gasteiger partial charge in [0.15, 0.2) is 0 Å². The highest BCUT2D eigenvalue weighted by Gasteiger charge is 2.44. The number of para-hydroxylation sites is 2. The number of amides is 1. The monoisotopic (exact) mass is 438 g/mol. The van der Waals surface area contributed by atoms with E-state index in [1.165, 1.54) is 19.3 Å². The van der Waals surface area contributed by atoms with E-state index in [0.717, 1.165) is 49.1 Å². The number of carbonyl (C=O) groups is 1. The Balaban J connectivity index is 0.00000120. The molecule has 2 saturated carbocycles. The molecule has 0 spiro atoms. The third kappa shape index (κ3) is 3.77. The quantitative estimate of drug-likeness (QED) is 0.762. The summed E-state index contributed by atoms with van der Waals surface area (Å²) in [6.45, 7) is 0.866. The predicted octanol–water partition coefficient (Wildman–Crippen LogP) is 4.23. The van der Waals surface area contributed by atoms with Gasteiger partial charge in [0.25, 0.3) is 0 Å². The smallest absolute Gasteiger partial charge is 0.226 e. The van der Waals surface area contributed by atoms with E-state index >= 15 is 0 Å². The molecule has 3 aliphatic rings. The first-order valence-corrected chi connectivity index (χ1v) is 10.6. The van der Waals surface area contributed by atoms with Crippen LogP contribution in [0.5, 0.6) is 0 Å². The zero-order valence-corrected chi connectivity index (χ0v) is 18.6. The summed E-state index contributed by atoms with van der Waals surface area (Å²) in [5.74, 6) is 2.64. The number of carbonyl (C=O) groups excluding carboxylic acids is 1. The van der Waals surface area contributed by atoms with Gasteiger partial charge in [-0.05, 0) is 62.5 Å². The lowest BCUT2D eigenvalue weighted by Crippen LogP contribution is -2.49. The lowest BCUT2D eigenvalue weighted by Gasteiger charge is -2.44. The predicted molar refractivity (Wildman–Crippen MR) is 120 cm³/mol. The molecule has 2 aliphatic carbocycles. The van der Waals surface area contributed by atoms with E-state index in [1.54, 1.807) is 0 Å². The van der Waals surface area contributed by atoms with E-state index in [-0.39, 0.29) is 36.8 Å². The summed E-state index contributed by atoms with van der Waals surface area (Å²) in [7, 11) is 2.08. The summed E-state index contributed by atoms with van der Waals surface area (Å²) in [6.07, 6.45) is 7.76. The molecule has 5 rings (SSSR count). The highest BCUT2D eigenvalue weighted by molar-refractivity contribution is 5.85. The van der Waals surface area contributed by atoms with Crippen LogP contribution in [0.2, 0.25) is 0 Å². The Morgan fingerprint density at radius 3 is 2.45 bits per heavy atom. The summed E-state index contributed by atoms with van der Waals surface area (Å²) in [5.41, 5.74) is 8.61. The summed E-state index contributed by atoms with van der Waals surface area (Å²) < 4.78 is 2.18. The zero-order chi connectivity index (χ0) is 18.5. The number of nitrogens with two attached hydrogens (primary N) is 1. The standard InChI is InChI=1S/C22H30N4O.2ClH/c1-25-18-9-3-2-8-17(18)24-21(25)19-10-5-11-26(19)22(27)16-12-14-6-4-7-15(13-16)20(14)23;;/h2-3,8-9,14-16,19-20H,4-7,10-13,23H2,1H3;2*1H. The molecular weight excluding hydrogens is 407 g/mol. The normalized spacial score (nSPS) is 31.2. The van der Waals surface area contributed by atoms with Gasteiger partial charge in [-0.1, -0.05) is 18.6 Å². The van der Waals surface area contributed by atoms with Crippen molar-refractivity contribution in [1.29, 1.82) is 0 Å². The van der Waals surface area contributed by atoms with Crippen molar-refractivity contribution in [2.45, 2.75) is 57.0 Å². The van der Waals surface area contributed by atoms with E-state index in [1.807, 2.05) is 6.07 Å². The topological polar surface area (TPSA) is 64.2 Å². The Morgan fingerprint density at radius 1 is 1.07 bits per heavy atom. The Labute approximate surface area is 185 Å². The van der Waals surface area contributed by atoms with Gasteiger partial charge in [-0.2, -0.15) is 0 Å². The number of imidazole rings is 1. The maximum absolute atomic E-state index is 13.5. The van der Waals surface area contributed by atoms with Crippen LogP contribution in [0.1, 0.15) is 56.8 Å². The van der Waals surface area contributed by atoms with Crippen molar-refractivity contribution >= 4 is 41.8 Å². The van der Waals surface area contributed by atoms with Crippen molar-refractivity contribution in [2.24, 2.45) is 30.5 Å². The largest absolute Gasteiger partial charge is 0.332 e. The van der Waals surface area contributed by atoms with E-state index in [4.69, 9.17) is 10.7 Å². The second-order valence-corrected chi connectivity index (χ2v) is 8.90. The van der Waals surface area contributed by atoms with Crippen LogP contribution in [0.15, 0.2) is 24.3 Å². The number of benzene rings is 1. The number of likely N-dealkylation sites (tertiary alicyclic amines) is 1. The van der Waals surface area contributed by atoms with Gasteiger partial charge in [-0.15, -0.1) is 24.8 Å². The van der Waals surface area contributed by atoms with Crippen LogP contribution in [0, 0.1) is 17.8 Å². The molecule has 3 unspecified atom stereocenters. The molecule has 2 bridgehead atoms. The van der Waals surface area contributed by atoms with Crippen molar-refractivity contribution in [3.8, 4) is 0 Å². The Bertz CT molecular complexity index is 856. The highest BCUT2D eigenvalue weighted by atomic mass is 35.5. The number of fused-ring (bicyclic) bond motifs is 3. The first kappa shape index (κ1) is 22.4. The number of hydrogen-bond donors (Lipinski definition) is 1. The second-order valence-electron chi connectivity index (χ2n) is 8.90. The molecular formula is C22H32Cl2N4O. The molecule has 2 aromatic rings. The maximum Gasteiger partial charge on any atom is 0.226 e. The summed E-state index contributed by atoms with van der Waals surface area (Å²) >= 11 is 0. The minimum absolute atomic E-state index is 0. The number of rotatable bonds is 2. The molecule has 3 fully saturated rings. The van der Waals surface area contributed by atoms with Crippen LogP contribution >= 0.6 is 24.8 Å². The SMILES string of the molecule is Cl.Cl.Cn1c(C2CCCN2C(=O)C2CC3CCCC(C2)C3N)nc2ccccc21. The van der Waals surface area contributed by atoms with Crippen LogP contribution in [0.3, 0.4) is 0 Å². The van der Waals surface area contributed by atoms with Crippen molar-refractivity contribution in [3.05, 3.63) is 30.1 Å². The summed E-state index contributed by atoms with van der Waals surface area (Å²) in [4.78, 5) is 20.5. The van der Waals surface area contributed by atoms with Gasteiger partial charge in [-0.25, -0.2) is 4.98 Å². The molecule has 2 N–H and O–H groups in total. The molecule has 1 amide bonds. The molecule has 1 saturated heterocycles. The van der Waals surface area contributed by atoms with Crippen LogP contribution in [-0.2, 0) is 11.8 Å². The van der Waals surface area contributed by atoms with Gasteiger partial charge in [-0.3, -0.25) is 4.79 Å². The van der Waals surface area contributed by atoms with Crippen LogP contribution in [0.4, 0.5) is 0 Å². The van der Waals surface area contributed by atoms with Crippen molar-refractivity contribution < 1.29 is 4.79 Å². The fourth-order valence-electron chi connectivity index (χ4n) is 5.99. The zero-order valence-electron chi connectivity index (χ0n) is 17.0. The van der Waals surface area contributed by atoms with Crippen LogP contribution in [0.25, 0.3) is 11.0 Å². The average molecular weight is 439 g/mol. The molecule has 2 heterocycles. The van der Waals surface area contributed by atoms with Gasteiger partial charge >= 0.3 is 0 Å². The Kier molecular flexibility index (Phi) is 6.81. The molecule has 29 heavy (non-hydrogen) atoms. The van der Waals surface area contributed by atoms with Gasteiger partial charge in [0.2, 0.25) is 5.91 Å². The summed E-state index contributed by atoms with van der Waals surface area (Å²) in [5, 5.41) is 0. The van der Waals surface area contributed by atoms with E-state index in [9.17, 15) is 4.79 Å². The fourth-order valence-corrected chi connectivity index (χ4v) is 5.99. The maximum atomic E-state index is 13.5. The summed E-state index contributed by atoms with van der Waals surface area (Å²) in [6, 6.07) is 8.68. The molecule has 3 atom stereocenters. The third-order valence-electron chi connectivity index (χ3n) is 7.42. The van der Waals surface area contributed by atoms with E-state index in [0.29, 0.717) is 23.8 Å². The Hall–Kier alpha value is -1.30. The first-order chi connectivity index (χ1) is 13.1. The second kappa shape index (κ2) is 8.83. The van der Waals surface area contributed by atoms with Gasteiger partial charge in [0, 0.05) is 25.6 Å². The number of hydrogen-bond acceptors (Lipinski definition) is 3. The molecule has 1 aliphatic heterocycles. The van der Waals surface area contributed by atoms with Crippen molar-refractivity contribution in [2.75, 3.05) is 6.54 Å². The molecule has 0 radical (unpaired) electrons. The average Bonchev–Trinajstić information content (AvgIpc) is 3.26. The number of aromatic nitrogens is 2. The van der Waals surface area contributed by atoms with Crippen molar-refractivity contribution in [1.82, 2.24) is 14.5 Å². The lowest BCUT2D eigenvalue weighted by molar-refractivity contribution is -0.139. The lowest BCUT2D eigenvalue weighted by atomic mass is 9.65. The number of aryl methyl sites for hydroxylation is 1. The minimum Gasteiger partial charge on any atom is -0.332 e.